The molecule has 0 saturated carbocycles. The minimum Gasteiger partial charge on any atom is -0.351 e. The van der Waals surface area contributed by atoms with E-state index in [-0.39, 0.29) is 19.0 Å². The van der Waals surface area contributed by atoms with Gasteiger partial charge in [-0.2, -0.15) is 8.42 Å². The van der Waals surface area contributed by atoms with Crippen molar-refractivity contribution in [2.45, 2.75) is 6.92 Å². The Morgan fingerprint density at radius 1 is 1.04 bits per heavy atom. The van der Waals surface area contributed by atoms with Crippen molar-refractivity contribution in [1.82, 2.24) is 5.32 Å². The molecule has 2 aromatic rings. The molecule has 0 fully saturated rings. The minimum absolute atomic E-state index is 0.175. The van der Waals surface area contributed by atoms with Crippen LogP contribution < -0.4 is 13.9 Å². The Bertz CT molecular complexity index is 940. The van der Waals surface area contributed by atoms with Crippen molar-refractivity contribution in [3.05, 3.63) is 65.7 Å². The van der Waals surface area contributed by atoms with E-state index in [1.54, 1.807) is 37.3 Å². The van der Waals surface area contributed by atoms with Crippen molar-refractivity contribution < 1.29 is 13.2 Å². The summed E-state index contributed by atoms with van der Waals surface area (Å²) >= 11 is 0. The zero-order chi connectivity index (χ0) is 18.7. The number of fused-ring (bicyclic) bond motifs is 1. The van der Waals surface area contributed by atoms with Crippen molar-refractivity contribution in [1.29, 1.82) is 0 Å². The van der Waals surface area contributed by atoms with Crippen LogP contribution in [0.1, 0.15) is 12.5 Å². The number of nitrogens with one attached hydrogen (secondary N) is 1. The first-order valence-electron chi connectivity index (χ1n) is 8.28. The maximum Gasteiger partial charge on any atom is 0.326 e. The largest absolute Gasteiger partial charge is 0.351 e. The molecule has 0 radical (unpaired) electrons. The molecule has 7 heteroatoms. The molecule has 3 rings (SSSR count). The van der Waals surface area contributed by atoms with Crippen LogP contribution in [0.3, 0.4) is 0 Å². The quantitative estimate of drug-likeness (QED) is 0.821. The second-order valence-corrected chi connectivity index (χ2v) is 7.91. The van der Waals surface area contributed by atoms with Crippen LogP contribution in [-0.4, -0.2) is 34.5 Å². The van der Waals surface area contributed by atoms with E-state index in [0.717, 1.165) is 5.56 Å². The van der Waals surface area contributed by atoms with E-state index in [1.807, 2.05) is 30.3 Å². The molecule has 1 heterocycles. The number of hydrogen-bond donors (Lipinski definition) is 1. The number of rotatable bonds is 5. The Morgan fingerprint density at radius 2 is 1.65 bits per heavy atom. The summed E-state index contributed by atoms with van der Waals surface area (Å²) in [5.74, 6) is -0.216. The van der Waals surface area contributed by atoms with E-state index < -0.39 is 10.2 Å². The van der Waals surface area contributed by atoms with Crippen molar-refractivity contribution in [3.8, 4) is 0 Å². The van der Waals surface area contributed by atoms with Crippen LogP contribution in [0.25, 0.3) is 6.08 Å². The molecule has 1 aliphatic rings. The molecule has 2 aromatic carbocycles. The molecule has 0 bridgehead atoms. The van der Waals surface area contributed by atoms with Gasteiger partial charge in [-0.15, -0.1) is 0 Å². The van der Waals surface area contributed by atoms with Crippen LogP contribution in [0.15, 0.2) is 60.2 Å². The molecule has 0 aromatic heterocycles. The highest BCUT2D eigenvalue weighted by atomic mass is 32.2. The van der Waals surface area contributed by atoms with E-state index >= 15 is 0 Å². The predicted octanol–water partition coefficient (Wildman–Crippen LogP) is 2.41. The predicted molar refractivity (Wildman–Crippen MR) is 104 cm³/mol. The third-order valence-electron chi connectivity index (χ3n) is 4.26. The minimum atomic E-state index is -3.59. The molecule has 1 N–H and O–H groups in total. The lowest BCUT2D eigenvalue weighted by atomic mass is 10.1. The molecule has 0 unspecified atom stereocenters. The molecule has 0 atom stereocenters. The van der Waals surface area contributed by atoms with Gasteiger partial charge in [0.2, 0.25) is 5.91 Å². The van der Waals surface area contributed by atoms with Crippen LogP contribution in [0.4, 0.5) is 11.4 Å². The van der Waals surface area contributed by atoms with Gasteiger partial charge in [-0.25, -0.2) is 4.31 Å². The second kappa shape index (κ2) is 7.21. The smallest absolute Gasteiger partial charge is 0.326 e. The first kappa shape index (κ1) is 18.0. The fourth-order valence-corrected chi connectivity index (χ4v) is 4.27. The highest BCUT2D eigenvalue weighted by Crippen LogP contribution is 2.38. The van der Waals surface area contributed by atoms with Gasteiger partial charge in [-0.3, -0.25) is 9.10 Å². The molecule has 136 valence electrons. The van der Waals surface area contributed by atoms with Gasteiger partial charge >= 0.3 is 10.2 Å². The lowest BCUT2D eigenvalue weighted by Gasteiger charge is -2.19. The normalized spacial score (nSPS) is 15.7. The average Bonchev–Trinajstić information content (AvgIpc) is 2.83. The summed E-state index contributed by atoms with van der Waals surface area (Å²) in [6.07, 6.45) is 1.80. The molecular formula is C19H21N3O3S. The number of nitrogens with zero attached hydrogens (tertiary/aromatic N) is 2. The van der Waals surface area contributed by atoms with Crippen LogP contribution in [-0.2, 0) is 15.0 Å². The van der Waals surface area contributed by atoms with E-state index in [1.165, 1.54) is 15.7 Å². The molecule has 0 saturated heterocycles. The van der Waals surface area contributed by atoms with E-state index in [9.17, 15) is 13.2 Å². The Hall–Kier alpha value is -2.80. The van der Waals surface area contributed by atoms with Gasteiger partial charge in [-0.05, 0) is 30.7 Å². The highest BCUT2D eigenvalue weighted by molar-refractivity contribution is 7.94. The van der Waals surface area contributed by atoms with Crippen molar-refractivity contribution in [2.24, 2.45) is 0 Å². The van der Waals surface area contributed by atoms with Gasteiger partial charge in [0.15, 0.2) is 0 Å². The number of amides is 1. The number of hydrogen-bond acceptors (Lipinski definition) is 3. The summed E-state index contributed by atoms with van der Waals surface area (Å²) in [6.45, 7) is 2.13. The summed E-state index contributed by atoms with van der Waals surface area (Å²) in [5.41, 5.74) is 2.77. The highest BCUT2D eigenvalue weighted by Gasteiger charge is 2.37. The summed E-state index contributed by atoms with van der Waals surface area (Å²) in [6, 6.07) is 16.7. The number of anilines is 2. The van der Waals surface area contributed by atoms with Gasteiger partial charge in [0, 0.05) is 19.2 Å². The molecule has 0 aliphatic carbocycles. The Balaban J connectivity index is 1.65. The zero-order valence-electron chi connectivity index (χ0n) is 14.7. The fraction of sp³-hybridized carbons (Fsp3) is 0.211. The number of carbonyl (C=O) groups is 1. The SMILES string of the molecule is CC(=Cc1ccccc1)C(=O)NCCN1c2ccccc2N(C)S1(=O)=O. The van der Waals surface area contributed by atoms with Crippen molar-refractivity contribution in [3.63, 3.8) is 0 Å². The Morgan fingerprint density at radius 3 is 2.35 bits per heavy atom. The number of carbonyl (C=O) groups excluding carboxylic acids is 1. The maximum absolute atomic E-state index is 12.5. The summed E-state index contributed by atoms with van der Waals surface area (Å²) < 4.78 is 27.6. The number of para-hydroxylation sites is 2. The average molecular weight is 371 g/mol. The summed E-state index contributed by atoms with van der Waals surface area (Å²) in [7, 11) is -2.06. The van der Waals surface area contributed by atoms with Crippen LogP contribution in [0.5, 0.6) is 0 Å². The topological polar surface area (TPSA) is 69.7 Å². The van der Waals surface area contributed by atoms with E-state index in [4.69, 9.17) is 0 Å². The van der Waals surface area contributed by atoms with E-state index in [0.29, 0.717) is 16.9 Å². The summed E-state index contributed by atoms with van der Waals surface area (Å²) in [5, 5.41) is 2.78. The molecule has 1 amide bonds. The van der Waals surface area contributed by atoms with E-state index in [2.05, 4.69) is 5.32 Å². The van der Waals surface area contributed by atoms with Gasteiger partial charge in [-0.1, -0.05) is 42.5 Å². The molecule has 0 spiro atoms. The standard InChI is InChI=1S/C19H21N3O3S/c1-15(14-16-8-4-3-5-9-16)19(23)20-12-13-22-18-11-7-6-10-17(18)21(2)26(22,24)25/h3-11,14H,12-13H2,1-2H3,(H,20,23). The molecule has 1 aliphatic heterocycles. The molecule has 6 nitrogen and oxygen atoms in total. The van der Waals surface area contributed by atoms with Gasteiger partial charge in [0.1, 0.15) is 0 Å². The Kier molecular flexibility index (Phi) is 4.99. The Labute approximate surface area is 153 Å². The van der Waals surface area contributed by atoms with Gasteiger partial charge in [0.05, 0.1) is 17.9 Å². The van der Waals surface area contributed by atoms with Crippen LogP contribution in [0.2, 0.25) is 0 Å². The maximum atomic E-state index is 12.5. The molecule has 26 heavy (non-hydrogen) atoms. The van der Waals surface area contributed by atoms with Gasteiger partial charge < -0.3 is 5.32 Å². The zero-order valence-corrected chi connectivity index (χ0v) is 15.5. The third-order valence-corrected chi connectivity index (χ3v) is 6.08. The van der Waals surface area contributed by atoms with Crippen molar-refractivity contribution in [2.75, 3.05) is 28.7 Å². The molecular weight excluding hydrogens is 350 g/mol. The van der Waals surface area contributed by atoms with Crippen LogP contribution >= 0.6 is 0 Å². The summed E-state index contributed by atoms with van der Waals surface area (Å²) in [4.78, 5) is 12.2. The van der Waals surface area contributed by atoms with Crippen LogP contribution in [0, 0.1) is 0 Å². The fourth-order valence-electron chi connectivity index (χ4n) is 2.85. The van der Waals surface area contributed by atoms with Gasteiger partial charge in [0.25, 0.3) is 0 Å². The first-order valence-corrected chi connectivity index (χ1v) is 9.68. The lowest BCUT2D eigenvalue weighted by Crippen LogP contribution is -2.40. The first-order chi connectivity index (χ1) is 12.4. The monoisotopic (exact) mass is 371 g/mol. The third kappa shape index (κ3) is 3.43. The lowest BCUT2D eigenvalue weighted by molar-refractivity contribution is -0.117. The second-order valence-electron chi connectivity index (χ2n) is 6.03. The number of benzene rings is 2. The van der Waals surface area contributed by atoms with Crippen molar-refractivity contribution >= 4 is 33.6 Å².